The third kappa shape index (κ3) is 13.8. The van der Waals surface area contributed by atoms with E-state index in [2.05, 4.69) is 19.2 Å². The summed E-state index contributed by atoms with van der Waals surface area (Å²) in [5.41, 5.74) is 0. The topological polar surface area (TPSA) is 20.2 Å². The van der Waals surface area contributed by atoms with Crippen molar-refractivity contribution in [2.45, 2.75) is 0 Å². The van der Waals surface area contributed by atoms with Crippen molar-refractivity contribution in [3.05, 3.63) is 0 Å². The molecular formula is H2OPS2-. The zero-order valence-corrected chi connectivity index (χ0v) is 4.40. The molecule has 1 nitrogen and oxygen atoms in total. The Morgan fingerprint density at radius 1 is 2.00 bits per heavy atom. The van der Waals surface area contributed by atoms with E-state index in [9.17, 15) is 0 Å². The second kappa shape index (κ2) is 2.09. The van der Waals surface area contributed by atoms with Crippen LogP contribution in [0.3, 0.4) is 0 Å². The highest BCUT2D eigenvalue weighted by Gasteiger charge is 1.10. The quantitative estimate of drug-likeness (QED) is 0.366. The predicted molar refractivity (Wildman–Crippen MR) is 25.7 cm³/mol. The van der Waals surface area contributed by atoms with Crippen LogP contribution in [0.25, 0.3) is 0 Å². The van der Waals surface area contributed by atoms with Crippen LogP contribution in [-0.4, -0.2) is 4.55 Å². The molecule has 0 fully saturated rings. The van der Waals surface area contributed by atoms with Gasteiger partial charge in [-0.1, -0.05) is 0 Å². The number of hydrogen-bond donors (Lipinski definition) is 1. The van der Waals surface area contributed by atoms with Crippen LogP contribution in [0.15, 0.2) is 0 Å². The molecule has 0 aliphatic heterocycles. The maximum Gasteiger partial charge on any atom is -0.240 e. The van der Waals surface area contributed by atoms with Crippen molar-refractivity contribution in [3.8, 4) is 0 Å². The summed E-state index contributed by atoms with van der Waals surface area (Å²) in [5, 5.41) is 0. The van der Waals surface area contributed by atoms with E-state index in [0.717, 1.165) is 0 Å². The standard InChI is InChI=1S/H2OPS2/c1-4(2)3/h2H,(H,1,3)/q-1. The van der Waals surface area contributed by atoms with Crippen molar-refractivity contribution in [2.24, 2.45) is 0 Å². The van der Waals surface area contributed by atoms with E-state index in [4.69, 9.17) is 4.55 Å². The fraction of sp³-hybridized carbons (Fsp3) is 0. The molecule has 1 N–H and O–H groups in total. The molecule has 0 bridgehead atoms. The van der Waals surface area contributed by atoms with Gasteiger partial charge in [0.05, 0.1) is 0 Å². The summed E-state index contributed by atoms with van der Waals surface area (Å²) < 4.78 is 7.81. The van der Waals surface area contributed by atoms with E-state index in [-0.39, 0.29) is 0 Å². The first-order valence-corrected chi connectivity index (χ1v) is 3.88. The van der Waals surface area contributed by atoms with Crippen LogP contribution in [0.5, 0.6) is 0 Å². The minimum absolute atomic E-state index is 0.972. The largest absolute Gasteiger partial charge is 0.487 e. The Labute approximate surface area is 33.3 Å². The van der Waals surface area contributed by atoms with Gasteiger partial charge in [0, 0.05) is 0 Å². The zero-order valence-electron chi connectivity index (χ0n) is 1.76. The van der Waals surface area contributed by atoms with Gasteiger partial charge in [-0.15, -0.1) is 0 Å². The smallest absolute Gasteiger partial charge is 0.240 e. The van der Waals surface area contributed by atoms with Crippen LogP contribution >= 0.6 is 8.02 Å². The first-order chi connectivity index (χ1) is 1.73. The van der Waals surface area contributed by atoms with Crippen LogP contribution in [0.2, 0.25) is 0 Å². The molecule has 0 atom stereocenters. The molecule has 0 saturated heterocycles. The van der Waals surface area contributed by atoms with Gasteiger partial charge >= 0.3 is 0 Å². The Morgan fingerprint density at radius 3 is 2.00 bits per heavy atom. The van der Waals surface area contributed by atoms with E-state index in [0.29, 0.717) is 0 Å². The summed E-state index contributed by atoms with van der Waals surface area (Å²) in [4.78, 5) is 0. The molecule has 4 heavy (non-hydrogen) atoms. The summed E-state index contributed by atoms with van der Waals surface area (Å²) in [5.74, 6) is 0. The molecule has 0 amide bonds. The molecule has 0 aliphatic carbocycles. The highest BCUT2D eigenvalue weighted by molar-refractivity contribution is 8.35. The van der Waals surface area contributed by atoms with E-state index >= 15 is 0 Å². The monoisotopic (exact) mass is 113 g/mol. The summed E-state index contributed by atoms with van der Waals surface area (Å²) in [6.45, 7) is 0. The molecule has 0 rings (SSSR count). The van der Waals surface area contributed by atoms with Gasteiger partial charge in [-0.2, -0.15) is 0 Å². The summed E-state index contributed by atoms with van der Waals surface area (Å²) in [6.07, 6.45) is 0. The highest BCUT2D eigenvalue weighted by atomic mass is 32.9. The average molecular weight is 113 g/mol. The minimum Gasteiger partial charge on any atom is -0.487 e. The van der Waals surface area contributed by atoms with Gasteiger partial charge in [0.15, 0.2) is 0 Å². The molecule has 26 valence electrons. The lowest BCUT2D eigenvalue weighted by Crippen LogP contribution is -1.44. The molecule has 0 spiro atoms. The lowest BCUT2D eigenvalue weighted by molar-refractivity contribution is 0.671. The zero-order chi connectivity index (χ0) is 3.58. The van der Waals surface area contributed by atoms with Crippen LogP contribution in [0.1, 0.15) is 0 Å². The third-order valence-corrected chi connectivity index (χ3v) is 0. The molecule has 0 saturated carbocycles. The molecule has 0 unspecified atom stereocenters. The Bertz CT molecular complexity index is 54.4. The Hall–Kier alpha value is 0.830. The predicted octanol–water partition coefficient (Wildman–Crippen LogP) is 0.597. The molecule has 0 aromatic carbocycles. The molecule has 0 aromatic heterocycles. The maximum atomic E-state index is 7.81. The average Bonchev–Trinajstić information content (AvgIpc) is 0.811. The van der Waals surface area contributed by atoms with Crippen molar-refractivity contribution >= 4 is 28.1 Å². The lowest BCUT2D eigenvalue weighted by Gasteiger charge is -1.74. The van der Waals surface area contributed by atoms with Crippen molar-refractivity contribution in [1.82, 2.24) is 0 Å². The first-order valence-electron chi connectivity index (χ1n) is 0.553. The maximum absolute atomic E-state index is 7.81. The SMILES string of the molecule is O[S-](=P)=S. The van der Waals surface area contributed by atoms with E-state index in [1.165, 1.54) is 0 Å². The van der Waals surface area contributed by atoms with Crippen molar-refractivity contribution in [1.29, 1.82) is 0 Å². The van der Waals surface area contributed by atoms with Crippen LogP contribution in [0, 0.1) is 0 Å². The molecular weight excluding hydrogens is 111 g/mol. The Balaban J connectivity index is 3.51. The Kier molecular flexibility index (Phi) is 2.52. The summed E-state index contributed by atoms with van der Waals surface area (Å²) >= 11 is 4.12. The van der Waals surface area contributed by atoms with Crippen molar-refractivity contribution in [3.63, 3.8) is 0 Å². The normalized spacial score (nSPS) is 8.50. The van der Waals surface area contributed by atoms with Gasteiger partial charge in [-0.05, 0) is 0 Å². The van der Waals surface area contributed by atoms with Crippen molar-refractivity contribution < 1.29 is 4.55 Å². The molecule has 4 heteroatoms. The van der Waals surface area contributed by atoms with Crippen molar-refractivity contribution in [2.75, 3.05) is 0 Å². The van der Waals surface area contributed by atoms with E-state index in [1.54, 1.807) is 0 Å². The van der Waals surface area contributed by atoms with Gasteiger partial charge < -0.3 is 4.55 Å². The summed E-state index contributed by atoms with van der Waals surface area (Å²) in [7, 11) is 1.74. The Morgan fingerprint density at radius 2 is 2.00 bits per heavy atom. The first kappa shape index (κ1) is 4.83. The second-order valence-corrected chi connectivity index (χ2v) is 3.74. The number of hydrogen-bond acceptors (Lipinski definition) is 2. The van der Waals surface area contributed by atoms with Gasteiger partial charge in [-0.25, -0.2) is 19.2 Å². The second-order valence-electron chi connectivity index (χ2n) is 0.249. The fourth-order valence-corrected chi connectivity index (χ4v) is 0. The van der Waals surface area contributed by atoms with Gasteiger partial charge in [0.2, 0.25) is 0 Å². The van der Waals surface area contributed by atoms with Gasteiger partial charge in [-0.3, -0.25) is 8.91 Å². The lowest BCUT2D eigenvalue weighted by atomic mass is 15.9. The molecule has 0 heterocycles. The molecule has 0 aromatic rings. The number of rotatable bonds is 0. The van der Waals surface area contributed by atoms with Gasteiger partial charge in [0.25, 0.3) is 0 Å². The van der Waals surface area contributed by atoms with Crippen LogP contribution < -0.4 is 0 Å². The minimum atomic E-state index is -0.972. The fourth-order valence-electron chi connectivity index (χ4n) is 0. The molecule has 0 radical (unpaired) electrons. The molecule has 0 aliphatic rings. The van der Waals surface area contributed by atoms with E-state index in [1.807, 2.05) is 0 Å². The van der Waals surface area contributed by atoms with Crippen LogP contribution in [0.4, 0.5) is 0 Å². The van der Waals surface area contributed by atoms with E-state index < -0.39 is 8.91 Å². The highest BCUT2D eigenvalue weighted by Crippen LogP contribution is 1.57. The van der Waals surface area contributed by atoms with Gasteiger partial charge in [0.1, 0.15) is 0 Å². The third-order valence-electron chi connectivity index (χ3n) is 0. The van der Waals surface area contributed by atoms with Crippen LogP contribution in [-0.2, 0) is 20.1 Å². The summed E-state index contributed by atoms with van der Waals surface area (Å²) in [6, 6.07) is 0.